The van der Waals surface area contributed by atoms with Crippen molar-refractivity contribution in [3.05, 3.63) is 45.4 Å². The predicted molar refractivity (Wildman–Crippen MR) is 134 cm³/mol. The zero-order chi connectivity index (χ0) is 28.4. The summed E-state index contributed by atoms with van der Waals surface area (Å²) >= 11 is 1.50. The van der Waals surface area contributed by atoms with Crippen LogP contribution in [0.15, 0.2) is 6.07 Å². The molecule has 4 aromatic rings. The Morgan fingerprint density at radius 2 is 1.70 bits per heavy atom. The van der Waals surface area contributed by atoms with Gasteiger partial charge in [-0.25, -0.2) is 15.0 Å². The number of hydrogen-bond acceptors (Lipinski definition) is 9. The summed E-state index contributed by atoms with van der Waals surface area (Å²) < 4.78 is 82.1. The quantitative estimate of drug-likeness (QED) is 0.312. The van der Waals surface area contributed by atoms with Crippen LogP contribution in [0.2, 0.25) is 0 Å². The van der Waals surface area contributed by atoms with E-state index in [-0.39, 0.29) is 62.1 Å². The van der Waals surface area contributed by atoms with Gasteiger partial charge in [-0.1, -0.05) is 13.3 Å². The van der Waals surface area contributed by atoms with Gasteiger partial charge in [0, 0.05) is 30.1 Å². The molecule has 6 heterocycles. The largest absolute Gasteiger partial charge is 0.451 e. The van der Waals surface area contributed by atoms with Gasteiger partial charge < -0.3 is 14.4 Å². The second-order valence-corrected chi connectivity index (χ2v) is 10.9. The SMILES string of the molecule is CCCc1cc2c(N3CCn4c(nnc4C(F)(F)F)C3)nc(N3CCc4c(nc(C)nc4C(F)(F)F)C3)nc2s1. The first kappa shape index (κ1) is 26.7. The fourth-order valence-electron chi connectivity index (χ4n) is 5.20. The standard InChI is InChI=1S/C24H23F6N9S/c1-3-4-13-9-15-19(37-7-8-39-17(11-37)35-36-21(39)24(28,29)30)33-22(34-20(15)40-13)38-6-5-14-16(10-38)31-12(2)32-18(14)23(25,26)27/h9H,3-8,10-11H2,1-2H3. The Balaban J connectivity index is 1.39. The topological polar surface area (TPSA) is 88.8 Å². The number of hydrogen-bond donors (Lipinski definition) is 0. The van der Waals surface area contributed by atoms with Crippen LogP contribution >= 0.6 is 11.3 Å². The molecule has 0 N–H and O–H groups in total. The summed E-state index contributed by atoms with van der Waals surface area (Å²) in [6.45, 7) is 4.11. The molecule has 40 heavy (non-hydrogen) atoms. The molecule has 212 valence electrons. The molecule has 16 heteroatoms. The molecule has 0 saturated carbocycles. The summed E-state index contributed by atoms with van der Waals surface area (Å²) in [5.74, 6) is 0.0460. The average Bonchev–Trinajstić information content (AvgIpc) is 3.50. The van der Waals surface area contributed by atoms with Gasteiger partial charge in [0.05, 0.1) is 24.2 Å². The van der Waals surface area contributed by atoms with Crippen molar-refractivity contribution in [3.8, 4) is 0 Å². The van der Waals surface area contributed by atoms with Crippen molar-refractivity contribution in [2.24, 2.45) is 0 Å². The fraction of sp³-hybridized carbons (Fsp3) is 0.500. The van der Waals surface area contributed by atoms with E-state index in [1.165, 1.54) is 18.3 Å². The van der Waals surface area contributed by atoms with Gasteiger partial charge in [-0.2, -0.15) is 31.3 Å². The van der Waals surface area contributed by atoms with Crippen molar-refractivity contribution >= 4 is 33.3 Å². The lowest BCUT2D eigenvalue weighted by Gasteiger charge is -2.32. The highest BCUT2D eigenvalue weighted by Crippen LogP contribution is 2.38. The molecule has 2 aliphatic rings. The molecule has 0 aromatic carbocycles. The maximum Gasteiger partial charge on any atom is 0.451 e. The second kappa shape index (κ2) is 9.52. The van der Waals surface area contributed by atoms with E-state index in [9.17, 15) is 26.3 Å². The number of anilines is 2. The minimum absolute atomic E-state index is 0.0253. The summed E-state index contributed by atoms with van der Waals surface area (Å²) in [6.07, 6.45) is -7.38. The molecular formula is C24H23F6N9S. The number of halogens is 6. The lowest BCUT2D eigenvalue weighted by molar-refractivity contribution is -0.147. The number of rotatable bonds is 4. The fourth-order valence-corrected chi connectivity index (χ4v) is 6.32. The van der Waals surface area contributed by atoms with Crippen molar-refractivity contribution in [3.63, 3.8) is 0 Å². The second-order valence-electron chi connectivity index (χ2n) is 9.75. The van der Waals surface area contributed by atoms with Crippen molar-refractivity contribution in [2.75, 3.05) is 22.9 Å². The monoisotopic (exact) mass is 583 g/mol. The highest BCUT2D eigenvalue weighted by molar-refractivity contribution is 7.18. The summed E-state index contributed by atoms with van der Waals surface area (Å²) in [6, 6.07) is 2.00. The number of alkyl halides is 6. The van der Waals surface area contributed by atoms with E-state index in [2.05, 4.69) is 27.1 Å². The van der Waals surface area contributed by atoms with Crippen molar-refractivity contribution in [1.82, 2.24) is 34.7 Å². The summed E-state index contributed by atoms with van der Waals surface area (Å²) in [7, 11) is 0. The normalized spacial score (nSPS) is 16.0. The van der Waals surface area contributed by atoms with E-state index in [1.807, 2.05) is 11.0 Å². The Morgan fingerprint density at radius 3 is 2.42 bits per heavy atom. The lowest BCUT2D eigenvalue weighted by atomic mass is 10.0. The highest BCUT2D eigenvalue weighted by atomic mass is 32.1. The molecule has 0 amide bonds. The van der Waals surface area contributed by atoms with Crippen LogP contribution in [0.25, 0.3) is 10.2 Å². The van der Waals surface area contributed by atoms with E-state index < -0.39 is 23.9 Å². The zero-order valence-corrected chi connectivity index (χ0v) is 22.3. The van der Waals surface area contributed by atoms with Crippen LogP contribution in [0.3, 0.4) is 0 Å². The Bertz CT molecular complexity index is 1590. The van der Waals surface area contributed by atoms with Crippen LogP contribution in [0, 0.1) is 6.92 Å². The third kappa shape index (κ3) is 4.71. The number of aromatic nitrogens is 7. The molecule has 0 aliphatic carbocycles. The van der Waals surface area contributed by atoms with Crippen LogP contribution in [0.1, 0.15) is 52.6 Å². The van der Waals surface area contributed by atoms with Crippen molar-refractivity contribution in [1.29, 1.82) is 0 Å². The molecule has 0 fully saturated rings. The van der Waals surface area contributed by atoms with Gasteiger partial charge in [-0.15, -0.1) is 21.5 Å². The van der Waals surface area contributed by atoms with Gasteiger partial charge in [0.25, 0.3) is 0 Å². The van der Waals surface area contributed by atoms with Gasteiger partial charge >= 0.3 is 12.4 Å². The lowest BCUT2D eigenvalue weighted by Crippen LogP contribution is -2.37. The summed E-state index contributed by atoms with van der Waals surface area (Å²) in [5, 5.41) is 7.92. The van der Waals surface area contributed by atoms with Crippen molar-refractivity contribution in [2.45, 2.75) is 65.1 Å². The third-order valence-electron chi connectivity index (χ3n) is 6.94. The molecule has 4 aromatic heterocycles. The van der Waals surface area contributed by atoms with Crippen LogP contribution in [0.5, 0.6) is 0 Å². The molecule has 0 saturated heterocycles. The highest BCUT2D eigenvalue weighted by Gasteiger charge is 2.41. The molecule has 0 spiro atoms. The van der Waals surface area contributed by atoms with Crippen molar-refractivity contribution < 1.29 is 26.3 Å². The van der Waals surface area contributed by atoms with E-state index in [0.717, 1.165) is 27.7 Å². The van der Waals surface area contributed by atoms with Gasteiger partial charge in [0.2, 0.25) is 11.8 Å². The molecule has 2 aliphatic heterocycles. The Morgan fingerprint density at radius 1 is 0.900 bits per heavy atom. The number of fused-ring (bicyclic) bond motifs is 3. The molecule has 0 unspecified atom stereocenters. The predicted octanol–water partition coefficient (Wildman–Crippen LogP) is 4.95. The molecule has 0 bridgehead atoms. The number of aryl methyl sites for hydroxylation is 2. The Kier molecular flexibility index (Phi) is 6.34. The van der Waals surface area contributed by atoms with Crippen LogP contribution in [-0.4, -0.2) is 47.8 Å². The molecular weight excluding hydrogens is 560 g/mol. The van der Waals surface area contributed by atoms with Crippen LogP contribution < -0.4 is 9.80 Å². The molecule has 0 radical (unpaired) electrons. The maximum atomic E-state index is 13.6. The minimum atomic E-state index is -4.61. The first-order valence-electron chi connectivity index (χ1n) is 12.7. The van der Waals surface area contributed by atoms with E-state index in [1.54, 1.807) is 4.90 Å². The number of nitrogens with zero attached hydrogens (tertiary/aromatic N) is 9. The van der Waals surface area contributed by atoms with Gasteiger partial charge in [-0.05, 0) is 25.8 Å². The summed E-state index contributed by atoms with van der Waals surface area (Å²) in [4.78, 5) is 23.0. The summed E-state index contributed by atoms with van der Waals surface area (Å²) in [5.41, 5.74) is -0.558. The molecule has 0 atom stereocenters. The van der Waals surface area contributed by atoms with Gasteiger partial charge in [-0.3, -0.25) is 0 Å². The van der Waals surface area contributed by atoms with E-state index >= 15 is 0 Å². The first-order chi connectivity index (χ1) is 18.9. The zero-order valence-electron chi connectivity index (χ0n) is 21.4. The van der Waals surface area contributed by atoms with E-state index in [4.69, 9.17) is 9.97 Å². The molecule has 9 nitrogen and oxygen atoms in total. The van der Waals surface area contributed by atoms with Gasteiger partial charge in [0.1, 0.15) is 16.5 Å². The smallest absolute Gasteiger partial charge is 0.347 e. The Labute approximate surface area is 227 Å². The minimum Gasteiger partial charge on any atom is -0.347 e. The third-order valence-corrected chi connectivity index (χ3v) is 8.03. The average molecular weight is 584 g/mol. The maximum absolute atomic E-state index is 13.6. The number of thiophene rings is 1. The van der Waals surface area contributed by atoms with E-state index in [0.29, 0.717) is 16.6 Å². The Hall–Kier alpha value is -3.56. The first-order valence-corrected chi connectivity index (χ1v) is 13.5. The van der Waals surface area contributed by atoms with Crippen LogP contribution in [-0.2, 0) is 44.8 Å². The van der Waals surface area contributed by atoms with Crippen LogP contribution in [0.4, 0.5) is 38.1 Å². The van der Waals surface area contributed by atoms with Gasteiger partial charge in [0.15, 0.2) is 11.5 Å². The molecule has 6 rings (SSSR count).